The molecule has 5 heteroatoms. The van der Waals surface area contributed by atoms with Crippen molar-refractivity contribution in [1.82, 2.24) is 0 Å². The van der Waals surface area contributed by atoms with Crippen molar-refractivity contribution in [2.45, 2.75) is 65.2 Å². The van der Waals surface area contributed by atoms with E-state index in [4.69, 9.17) is 27.6 Å². The molecule has 1 aromatic heterocycles. The molecule has 0 aliphatic heterocycles. The van der Waals surface area contributed by atoms with Gasteiger partial charge in [0.1, 0.15) is 11.2 Å². The van der Waals surface area contributed by atoms with Crippen molar-refractivity contribution in [3.63, 3.8) is 0 Å². The van der Waals surface area contributed by atoms with Crippen LogP contribution in [0.1, 0.15) is 82.3 Å². The zero-order valence-electron chi connectivity index (χ0n) is 45.7. The topological polar surface area (TPSA) is 19.6 Å². The Kier molecular flexibility index (Phi) is 12.5. The monoisotopic (exact) mass is 1090 g/mol. The Bertz CT molecular complexity index is 4310. The number of rotatable bonds is 8. The molecule has 1 spiro atoms. The van der Waals surface area contributed by atoms with Gasteiger partial charge in [-0.3, -0.25) is 0 Å². The number of anilines is 6. The highest BCUT2D eigenvalue weighted by Crippen LogP contribution is 2.66. The van der Waals surface area contributed by atoms with Crippen molar-refractivity contribution in [3.8, 4) is 44.5 Å². The molecule has 0 saturated carbocycles. The summed E-state index contributed by atoms with van der Waals surface area (Å²) in [7, 11) is 0. The largest absolute Gasteiger partial charge is 0.455 e. The van der Waals surface area contributed by atoms with Gasteiger partial charge < -0.3 is 14.2 Å². The summed E-state index contributed by atoms with van der Waals surface area (Å²) < 4.78 is 7.40. The lowest BCUT2D eigenvalue weighted by Crippen LogP contribution is -2.27. The molecule has 2 aliphatic carbocycles. The first-order valence-electron chi connectivity index (χ1n) is 27.6. The molecule has 0 N–H and O–H groups in total. The molecule has 0 atom stereocenters. The molecular formula is C76H62Cl2N2O. The molecule has 0 saturated heterocycles. The second kappa shape index (κ2) is 19.6. The Hall–Kier alpha value is -8.60. The van der Waals surface area contributed by atoms with Crippen LogP contribution >= 0.6 is 23.2 Å². The number of benzene rings is 11. The first kappa shape index (κ1) is 51.8. The van der Waals surface area contributed by atoms with Gasteiger partial charge in [0.25, 0.3) is 0 Å². The van der Waals surface area contributed by atoms with Crippen LogP contribution in [0.5, 0.6) is 0 Å². The van der Waals surface area contributed by atoms with Crippen LogP contribution in [0.25, 0.3) is 66.4 Å². The van der Waals surface area contributed by atoms with E-state index in [0.29, 0.717) is 10.0 Å². The summed E-state index contributed by atoms with van der Waals surface area (Å²) in [4.78, 5) is 4.83. The number of hydrogen-bond acceptors (Lipinski definition) is 3. The highest BCUT2D eigenvalue weighted by molar-refractivity contribution is 6.31. The molecule has 396 valence electrons. The summed E-state index contributed by atoms with van der Waals surface area (Å²) in [5.74, 6) is 0. The van der Waals surface area contributed by atoms with Crippen LogP contribution in [-0.4, -0.2) is 0 Å². The zero-order chi connectivity index (χ0) is 54.7. The number of furan rings is 1. The fraction of sp³-hybridized carbons (Fsp3) is 0.132. The van der Waals surface area contributed by atoms with Crippen LogP contribution in [0, 0.1) is 0 Å². The van der Waals surface area contributed by atoms with Crippen LogP contribution in [0.3, 0.4) is 0 Å². The van der Waals surface area contributed by atoms with E-state index in [2.05, 4.69) is 282 Å². The Balaban J connectivity index is 0.00000618. The SMILES string of the molecule is C.CC(C)(C)c1ccc(N(c2ccc(-c3ccccc3)cc2)c2ccc3c(c2)C2(c4cc(Cl)ccc4-c4ccc(Cl)cc42)c2cc(N(c4ccc(-c5ccccc5)cc4)c4ccc(C(C)(C)C)cc4)c4c(oc5ccccc54)c2-3)cc1. The maximum Gasteiger partial charge on any atom is 0.145 e. The molecule has 3 nitrogen and oxygen atoms in total. The third kappa shape index (κ3) is 8.48. The molecule has 0 unspecified atom stereocenters. The van der Waals surface area contributed by atoms with Crippen molar-refractivity contribution in [2.24, 2.45) is 0 Å². The lowest BCUT2D eigenvalue weighted by Gasteiger charge is -2.34. The summed E-state index contributed by atoms with van der Waals surface area (Å²) in [5.41, 5.74) is 22.9. The number of nitrogens with zero attached hydrogens (tertiary/aromatic N) is 2. The minimum atomic E-state index is -0.902. The minimum Gasteiger partial charge on any atom is -0.455 e. The van der Waals surface area contributed by atoms with Gasteiger partial charge in [-0.2, -0.15) is 0 Å². The average molecular weight is 1090 g/mol. The van der Waals surface area contributed by atoms with Gasteiger partial charge in [-0.25, -0.2) is 0 Å². The molecule has 81 heavy (non-hydrogen) atoms. The van der Waals surface area contributed by atoms with E-state index in [0.717, 1.165) is 112 Å². The summed E-state index contributed by atoms with van der Waals surface area (Å²) in [6, 6.07) is 88.1. The van der Waals surface area contributed by atoms with Gasteiger partial charge in [-0.1, -0.05) is 218 Å². The van der Waals surface area contributed by atoms with Crippen molar-refractivity contribution in [3.05, 3.63) is 286 Å². The summed E-state index contributed by atoms with van der Waals surface area (Å²) in [6.45, 7) is 13.6. The first-order valence-corrected chi connectivity index (χ1v) is 28.4. The fourth-order valence-corrected chi connectivity index (χ4v) is 13.1. The smallest absolute Gasteiger partial charge is 0.145 e. The summed E-state index contributed by atoms with van der Waals surface area (Å²) >= 11 is 14.6. The number of fused-ring (bicyclic) bond motifs is 14. The quantitative estimate of drug-likeness (QED) is 0.151. The fourth-order valence-electron chi connectivity index (χ4n) is 12.8. The first-order chi connectivity index (χ1) is 38.7. The summed E-state index contributed by atoms with van der Waals surface area (Å²) in [6.07, 6.45) is 0. The van der Waals surface area contributed by atoms with Gasteiger partial charge in [0.2, 0.25) is 0 Å². The molecule has 12 aromatic rings. The molecule has 14 rings (SSSR count). The number of halogens is 2. The third-order valence-corrected chi connectivity index (χ3v) is 17.2. The van der Waals surface area contributed by atoms with Crippen LogP contribution in [0.4, 0.5) is 34.1 Å². The van der Waals surface area contributed by atoms with Crippen molar-refractivity contribution in [2.75, 3.05) is 9.80 Å². The lowest BCUT2D eigenvalue weighted by molar-refractivity contribution is 0.590. The van der Waals surface area contributed by atoms with Crippen LogP contribution in [0.15, 0.2) is 247 Å². The maximum absolute atomic E-state index is 7.40. The maximum atomic E-state index is 7.40. The van der Waals surface area contributed by atoms with Crippen LogP contribution < -0.4 is 9.80 Å². The van der Waals surface area contributed by atoms with Crippen LogP contribution in [0.2, 0.25) is 10.0 Å². The highest BCUT2D eigenvalue weighted by Gasteiger charge is 2.54. The highest BCUT2D eigenvalue weighted by atomic mass is 35.5. The van der Waals surface area contributed by atoms with Gasteiger partial charge in [0, 0.05) is 49.4 Å². The van der Waals surface area contributed by atoms with Crippen molar-refractivity contribution < 1.29 is 4.42 Å². The molecule has 1 heterocycles. The molecule has 0 bridgehead atoms. The molecule has 11 aromatic carbocycles. The van der Waals surface area contributed by atoms with E-state index in [1.54, 1.807) is 0 Å². The van der Waals surface area contributed by atoms with Gasteiger partial charge >= 0.3 is 0 Å². The zero-order valence-corrected chi connectivity index (χ0v) is 47.2. The number of hydrogen-bond donors (Lipinski definition) is 0. The van der Waals surface area contributed by atoms with E-state index in [-0.39, 0.29) is 18.3 Å². The van der Waals surface area contributed by atoms with Crippen molar-refractivity contribution in [1.29, 1.82) is 0 Å². The second-order valence-electron chi connectivity index (χ2n) is 23.6. The van der Waals surface area contributed by atoms with E-state index in [1.807, 2.05) is 12.1 Å². The lowest BCUT2D eigenvalue weighted by atomic mass is 9.70. The average Bonchev–Trinajstić information content (AvgIpc) is 4.25. The number of para-hydroxylation sites is 1. The predicted octanol–water partition coefficient (Wildman–Crippen LogP) is 22.7. The molecule has 0 radical (unpaired) electrons. The van der Waals surface area contributed by atoms with Crippen molar-refractivity contribution >= 4 is 79.3 Å². The standard InChI is InChI=1S/C75H58Cl2N2O.CH4/c1-73(2,3)51-25-35-56(36-26-51)78(55-31-21-49(22-32-55)47-15-9-7-10-16-47)59-39-42-62-66(45-59)75(64-43-53(76)29-40-60(64)61-41-30-54(77)44-65(61)75)67-46-68(71-63-19-13-14-20-69(63)80-72(71)70(62)67)79(58-37-27-52(28-38-58)74(4,5)6)57-33-23-50(24-34-57)48-17-11-8-12-18-48;/h7-46H,1-6H3;1H4. The molecule has 0 amide bonds. The van der Waals surface area contributed by atoms with Gasteiger partial charge in [0.05, 0.1) is 16.5 Å². The molecular weight excluding hydrogens is 1030 g/mol. The molecule has 2 aliphatic rings. The van der Waals surface area contributed by atoms with E-state index < -0.39 is 5.41 Å². The normalized spacial score (nSPS) is 12.9. The second-order valence-corrected chi connectivity index (χ2v) is 24.4. The third-order valence-electron chi connectivity index (χ3n) is 16.7. The van der Waals surface area contributed by atoms with E-state index >= 15 is 0 Å². The Morgan fingerprint density at radius 2 is 0.778 bits per heavy atom. The Morgan fingerprint density at radius 1 is 0.370 bits per heavy atom. The van der Waals surface area contributed by atoms with E-state index in [1.165, 1.54) is 22.3 Å². The Labute approximate surface area is 486 Å². The van der Waals surface area contributed by atoms with E-state index in [9.17, 15) is 0 Å². The van der Waals surface area contributed by atoms with Crippen LogP contribution in [-0.2, 0) is 16.2 Å². The molecule has 0 fully saturated rings. The Morgan fingerprint density at radius 3 is 1.27 bits per heavy atom. The van der Waals surface area contributed by atoms with Gasteiger partial charge in [0.15, 0.2) is 0 Å². The predicted molar refractivity (Wildman–Crippen MR) is 344 cm³/mol. The van der Waals surface area contributed by atoms with Gasteiger partial charge in [-0.15, -0.1) is 0 Å². The van der Waals surface area contributed by atoms with Gasteiger partial charge in [-0.05, 0) is 180 Å². The minimum absolute atomic E-state index is 0. The summed E-state index contributed by atoms with van der Waals surface area (Å²) in [5, 5.41) is 3.40.